The van der Waals surface area contributed by atoms with Crippen molar-refractivity contribution in [2.75, 3.05) is 5.73 Å². The van der Waals surface area contributed by atoms with Crippen LogP contribution in [0.3, 0.4) is 0 Å². The molecule has 0 aromatic heterocycles. The number of carboxylic acids is 1. The maximum absolute atomic E-state index is 13.0. The highest BCUT2D eigenvalue weighted by Gasteiger charge is 2.31. The number of fused-ring (bicyclic) bond motifs is 2. The lowest BCUT2D eigenvalue weighted by atomic mass is 10.0. The second kappa shape index (κ2) is 20.5. The van der Waals surface area contributed by atoms with E-state index in [2.05, 4.69) is 40.9 Å². The Morgan fingerprint density at radius 3 is 1.48 bits per heavy atom. The molecule has 0 heterocycles. The normalized spacial score (nSPS) is 13.2. The van der Waals surface area contributed by atoms with Crippen LogP contribution in [0.25, 0.3) is 21.5 Å². The number of phenolic OH excluding ortho intramolecular Hbond substituents is 2. The van der Waals surface area contributed by atoms with Crippen molar-refractivity contribution < 1.29 is 103 Å². The summed E-state index contributed by atoms with van der Waals surface area (Å²) < 4.78 is 210. The summed E-state index contributed by atoms with van der Waals surface area (Å²) in [6.07, 6.45) is 0. The topological polar surface area (TPSA) is 572 Å². The molecule has 0 unspecified atom stereocenters. The molecule has 412 valence electrons. The zero-order valence-corrected chi connectivity index (χ0v) is 42.8. The Hall–Kier alpha value is -8.81. The van der Waals surface area contributed by atoms with Gasteiger partial charge in [0.2, 0.25) is 0 Å². The number of rotatable bonds is 16. The summed E-state index contributed by atoms with van der Waals surface area (Å²) in [7, 11) is -32.6. The number of carbonyl (C=O) groups is 1. The van der Waals surface area contributed by atoms with E-state index < -0.39 is 185 Å². The fraction of sp³-hybridized carbons (Fsp3) is 0. The Morgan fingerprint density at radius 1 is 0.456 bits per heavy atom. The van der Waals surface area contributed by atoms with Gasteiger partial charge in [-0.3, -0.25) is 37.4 Å². The molecular weight excluding hydrogens is 1180 g/mol. The molecule has 0 spiro atoms. The second-order valence-corrected chi connectivity index (χ2v) is 23.8. The highest BCUT2D eigenvalue weighted by Crippen LogP contribution is 2.50. The van der Waals surface area contributed by atoms with Gasteiger partial charge in [-0.05, 0) is 78.9 Å². The molecule has 0 aliphatic rings. The van der Waals surface area contributed by atoms with E-state index in [9.17, 15) is 103 Å². The number of azo groups is 4. The van der Waals surface area contributed by atoms with Gasteiger partial charge in [-0.15, -0.1) is 30.7 Å². The molecule has 0 aliphatic carbocycles. The molecule has 0 aliphatic heterocycles. The molecular formula is C39H26N10O24S6. The lowest BCUT2D eigenvalue weighted by Gasteiger charge is -2.15. The van der Waals surface area contributed by atoms with Crippen LogP contribution >= 0.6 is 0 Å². The van der Waals surface area contributed by atoms with Crippen LogP contribution in [-0.2, 0) is 60.7 Å². The standard InChI is InChI=1S/C39H26N10O24S6/c40-33-27(15-28(75(59,60)61)23-14-31(78(68,69)70)35(37(51)32(23)33)48-45-26-12-18(49(54)55)4-7-21(26)39(52)53)46-44-25-10-8-20-22(38(25)79(71,72)73)13-30(77(65,66)67)34(36(20)50)47-43-24-9-3-17(11-29(24)76(62,63)64)42-41-16-1-5-19(6-2-16)74(56,57)58/h1-15,50-51H,40H2,(H,52,53)(H,56,57,58)(H,59,60,61)(H,62,63,64)(H,65,66,67)(H,68,69,70)(H,71,72,73). The highest BCUT2D eigenvalue weighted by molar-refractivity contribution is 7.87. The minimum Gasteiger partial charge on any atom is -0.505 e. The summed E-state index contributed by atoms with van der Waals surface area (Å²) in [6.45, 7) is 0. The van der Waals surface area contributed by atoms with Crippen molar-refractivity contribution >= 4 is 145 Å². The van der Waals surface area contributed by atoms with Gasteiger partial charge >= 0.3 is 5.97 Å². The zero-order valence-electron chi connectivity index (χ0n) is 37.9. The number of nitrogens with zero attached hydrogens (tertiary/aromatic N) is 9. The Labute approximate surface area is 439 Å². The van der Waals surface area contributed by atoms with Gasteiger partial charge in [0.25, 0.3) is 66.4 Å². The van der Waals surface area contributed by atoms with Gasteiger partial charge < -0.3 is 21.1 Å². The smallest absolute Gasteiger partial charge is 0.337 e. The lowest BCUT2D eigenvalue weighted by molar-refractivity contribution is -0.384. The van der Waals surface area contributed by atoms with Gasteiger partial charge in [0.1, 0.15) is 58.6 Å². The number of hydrogen-bond acceptors (Lipinski definition) is 26. The number of nitro benzene ring substituents is 1. The monoisotopic (exact) mass is 1210 g/mol. The number of nitro groups is 1. The summed E-state index contributed by atoms with van der Waals surface area (Å²) in [5.41, 5.74) is -2.90. The van der Waals surface area contributed by atoms with Gasteiger partial charge in [-0.25, -0.2) is 4.79 Å². The average Bonchev–Trinajstić information content (AvgIpc) is 3.48. The van der Waals surface area contributed by atoms with Crippen LogP contribution in [0.4, 0.5) is 56.9 Å². The summed E-state index contributed by atoms with van der Waals surface area (Å²) in [6, 6.07) is 10.9. The van der Waals surface area contributed by atoms with E-state index in [4.69, 9.17) is 10.3 Å². The first-order valence-corrected chi connectivity index (χ1v) is 28.7. The molecule has 79 heavy (non-hydrogen) atoms. The zero-order chi connectivity index (χ0) is 58.7. The second-order valence-electron chi connectivity index (χ2n) is 15.4. The number of hydrogen-bond donors (Lipinski definition) is 10. The van der Waals surface area contributed by atoms with Crippen molar-refractivity contribution in [3.63, 3.8) is 0 Å². The van der Waals surface area contributed by atoms with E-state index in [1.807, 2.05) is 0 Å². The number of carboxylic acid groups (broad SMARTS) is 1. The summed E-state index contributed by atoms with van der Waals surface area (Å²) in [5, 5.41) is 68.8. The number of non-ortho nitro benzene ring substituents is 1. The predicted molar refractivity (Wildman–Crippen MR) is 264 cm³/mol. The SMILES string of the molecule is Nc1c(N=Nc2ccc3c(O)c(N=Nc4ccc(N=Nc5ccc(S(=O)(=O)O)cc5)cc4S(=O)(=O)O)c(S(=O)(=O)O)cc3c2S(=O)(=O)O)cc(S(=O)(=O)O)c2cc(S(=O)(=O)O)c(N=Nc3cc([N+](=O)[O-])ccc3C(=O)O)c(O)c12. The van der Waals surface area contributed by atoms with Gasteiger partial charge in [-0.2, -0.15) is 60.7 Å². The number of aromatic carboxylic acids is 1. The molecule has 7 aromatic carbocycles. The third-order valence-electron chi connectivity index (χ3n) is 10.4. The van der Waals surface area contributed by atoms with Gasteiger partial charge in [0.05, 0.1) is 37.8 Å². The summed E-state index contributed by atoms with van der Waals surface area (Å²) >= 11 is 0. The van der Waals surface area contributed by atoms with Gasteiger partial charge in [0, 0.05) is 28.3 Å². The van der Waals surface area contributed by atoms with E-state index in [-0.39, 0.29) is 23.5 Å². The number of benzene rings is 7. The van der Waals surface area contributed by atoms with Crippen LogP contribution in [0, 0.1) is 10.1 Å². The quantitative estimate of drug-likeness (QED) is 0.0145. The molecule has 0 saturated heterocycles. The van der Waals surface area contributed by atoms with E-state index in [1.54, 1.807) is 0 Å². The third-order valence-corrected chi connectivity index (χ3v) is 15.7. The maximum Gasteiger partial charge on any atom is 0.337 e. The Kier molecular flexibility index (Phi) is 15.0. The van der Waals surface area contributed by atoms with E-state index in [1.165, 1.54) is 0 Å². The largest absolute Gasteiger partial charge is 0.505 e. The Bertz CT molecular complexity index is 4690. The molecule has 0 bridgehead atoms. The minimum absolute atomic E-state index is 0.0193. The van der Waals surface area contributed by atoms with Gasteiger partial charge in [-0.1, -0.05) is 0 Å². The van der Waals surface area contributed by atoms with Crippen molar-refractivity contribution in [1.82, 2.24) is 0 Å². The van der Waals surface area contributed by atoms with Crippen LogP contribution in [-0.4, -0.2) is 104 Å². The number of nitrogen functional groups attached to an aromatic ring is 1. The van der Waals surface area contributed by atoms with Crippen LogP contribution in [0.5, 0.6) is 11.5 Å². The molecule has 0 amide bonds. The van der Waals surface area contributed by atoms with Crippen molar-refractivity contribution in [2.24, 2.45) is 40.9 Å². The molecule has 34 nitrogen and oxygen atoms in total. The molecule has 0 atom stereocenters. The van der Waals surface area contributed by atoms with Crippen LogP contribution in [0.1, 0.15) is 10.4 Å². The van der Waals surface area contributed by atoms with Crippen LogP contribution in [0.15, 0.2) is 161 Å². The van der Waals surface area contributed by atoms with Crippen molar-refractivity contribution in [3.05, 3.63) is 107 Å². The summed E-state index contributed by atoms with van der Waals surface area (Å²) in [4.78, 5) is 14.8. The van der Waals surface area contributed by atoms with E-state index in [0.29, 0.717) is 30.3 Å². The Balaban J connectivity index is 1.38. The molecule has 40 heteroatoms. The average molecular weight is 1210 g/mol. The number of aromatic hydroxyl groups is 2. The molecule has 0 fully saturated rings. The van der Waals surface area contributed by atoms with Gasteiger partial charge in [0.15, 0.2) is 11.5 Å². The first-order valence-electron chi connectivity index (χ1n) is 20.1. The van der Waals surface area contributed by atoms with E-state index in [0.717, 1.165) is 48.5 Å². The fourth-order valence-corrected chi connectivity index (χ4v) is 10.9. The number of nitrogens with two attached hydrogens (primary N) is 1. The van der Waals surface area contributed by atoms with Crippen LogP contribution in [0.2, 0.25) is 0 Å². The van der Waals surface area contributed by atoms with Crippen molar-refractivity contribution in [3.8, 4) is 11.5 Å². The molecule has 7 rings (SSSR count). The van der Waals surface area contributed by atoms with Crippen molar-refractivity contribution in [2.45, 2.75) is 29.4 Å². The first-order chi connectivity index (χ1) is 36.4. The highest BCUT2D eigenvalue weighted by atomic mass is 32.2. The molecule has 11 N–H and O–H groups in total. The molecule has 0 saturated carbocycles. The first kappa shape index (κ1) is 57.9. The lowest BCUT2D eigenvalue weighted by Crippen LogP contribution is -2.04. The third kappa shape index (κ3) is 12.2. The predicted octanol–water partition coefficient (Wildman–Crippen LogP) is 7.73. The maximum atomic E-state index is 13.0. The fourth-order valence-electron chi connectivity index (χ4n) is 6.99. The minimum atomic E-state index is -5.75. The molecule has 0 radical (unpaired) electrons. The number of phenols is 2. The van der Waals surface area contributed by atoms with E-state index >= 15 is 0 Å². The molecule has 7 aromatic rings. The van der Waals surface area contributed by atoms with Crippen LogP contribution < -0.4 is 5.73 Å². The van der Waals surface area contributed by atoms with Crippen molar-refractivity contribution in [1.29, 1.82) is 0 Å². The summed E-state index contributed by atoms with van der Waals surface area (Å²) in [5.74, 6) is -4.64. The number of anilines is 1. The Morgan fingerprint density at radius 2 is 0.949 bits per heavy atom.